The minimum absolute atomic E-state index is 0.0323. The van der Waals surface area contributed by atoms with Crippen molar-refractivity contribution in [2.75, 3.05) is 4.72 Å². The summed E-state index contributed by atoms with van der Waals surface area (Å²) in [6.45, 7) is 0. The average molecular weight is 520 g/mol. The maximum Gasteiger partial charge on any atom is 0.573 e. The predicted molar refractivity (Wildman–Crippen MR) is 116 cm³/mol. The number of sulfonamides is 1. The van der Waals surface area contributed by atoms with Gasteiger partial charge in [-0.15, -0.1) is 23.4 Å². The van der Waals surface area contributed by atoms with Crippen molar-refractivity contribution in [2.45, 2.75) is 11.3 Å². The van der Waals surface area contributed by atoms with E-state index in [9.17, 15) is 26.9 Å². The van der Waals surface area contributed by atoms with E-state index in [0.717, 1.165) is 29.5 Å². The fraction of sp³-hybridized carbons (Fsp3) is 0.0500. The molecule has 0 spiro atoms. The molecule has 0 unspecified atom stereocenters. The van der Waals surface area contributed by atoms with Gasteiger partial charge < -0.3 is 9.47 Å². The number of ether oxygens (including phenoxy) is 2. The zero-order valence-corrected chi connectivity index (χ0v) is 18.7. The highest BCUT2D eigenvalue weighted by molar-refractivity contribution is 7.93. The van der Waals surface area contributed by atoms with Gasteiger partial charge in [-0.3, -0.25) is 4.72 Å². The van der Waals surface area contributed by atoms with Crippen LogP contribution in [0.25, 0.3) is 11.1 Å². The summed E-state index contributed by atoms with van der Waals surface area (Å²) in [5.74, 6) is -0.469. The highest BCUT2D eigenvalue weighted by Crippen LogP contribution is 2.38. The van der Waals surface area contributed by atoms with E-state index in [-0.39, 0.29) is 32.7 Å². The fourth-order valence-electron chi connectivity index (χ4n) is 2.83. The number of hydrogen-bond acceptors (Lipinski definition) is 10. The summed E-state index contributed by atoms with van der Waals surface area (Å²) < 4.78 is 75.3. The van der Waals surface area contributed by atoms with Gasteiger partial charge in [-0.2, -0.15) is 15.5 Å². The molecule has 0 aliphatic heterocycles. The van der Waals surface area contributed by atoms with Gasteiger partial charge in [0.15, 0.2) is 0 Å². The number of hydrogen-bond donors (Lipinski definition) is 1. The molecule has 0 radical (unpaired) electrons. The quantitative estimate of drug-likeness (QED) is 0.376. The molecule has 0 aliphatic rings. The van der Waals surface area contributed by atoms with E-state index in [4.69, 9.17) is 4.74 Å². The van der Waals surface area contributed by atoms with Crippen molar-refractivity contribution in [3.05, 3.63) is 65.9 Å². The molecule has 2 heterocycles. The number of rotatable bonds is 7. The number of aromatic nitrogens is 4. The normalized spacial score (nSPS) is 11.5. The van der Waals surface area contributed by atoms with Crippen LogP contribution in [0.1, 0.15) is 5.56 Å². The number of halogens is 3. The van der Waals surface area contributed by atoms with E-state index in [0.29, 0.717) is 5.56 Å². The summed E-state index contributed by atoms with van der Waals surface area (Å²) >= 11 is 0.971. The zero-order chi connectivity index (χ0) is 25.1. The van der Waals surface area contributed by atoms with Crippen LogP contribution in [-0.2, 0) is 10.0 Å². The van der Waals surface area contributed by atoms with Gasteiger partial charge in [0, 0.05) is 11.1 Å². The molecular weight excluding hydrogens is 509 g/mol. The second-order valence-electron chi connectivity index (χ2n) is 6.56. The summed E-state index contributed by atoms with van der Waals surface area (Å²) in [5.41, 5.74) is 1.73. The Kier molecular flexibility index (Phi) is 6.49. The summed E-state index contributed by atoms with van der Waals surface area (Å²) in [6, 6.07) is 10.2. The molecule has 1 N–H and O–H groups in total. The zero-order valence-electron chi connectivity index (χ0n) is 17.1. The number of nitrogens with zero attached hydrogens (tertiary/aromatic N) is 5. The van der Waals surface area contributed by atoms with Gasteiger partial charge in [-0.05, 0) is 42.5 Å². The van der Waals surface area contributed by atoms with Gasteiger partial charge >= 0.3 is 6.36 Å². The molecule has 0 fully saturated rings. The second-order valence-corrected chi connectivity index (χ2v) is 9.07. The van der Waals surface area contributed by atoms with Crippen molar-refractivity contribution < 1.29 is 31.1 Å². The second kappa shape index (κ2) is 9.52. The van der Waals surface area contributed by atoms with Crippen LogP contribution in [0.3, 0.4) is 0 Å². The van der Waals surface area contributed by atoms with Crippen molar-refractivity contribution in [1.82, 2.24) is 20.4 Å². The molecule has 35 heavy (non-hydrogen) atoms. The Labute approximate surface area is 199 Å². The lowest BCUT2D eigenvalue weighted by Gasteiger charge is -2.15. The highest BCUT2D eigenvalue weighted by atomic mass is 32.2. The number of alkyl halides is 3. The standard InChI is InChI=1S/C20H11F3N6O4S2/c21-20(22,23)33-14-1-3-18(16(8-14)12-5-6-25-26-10-12)32-17-4-2-15(7-13(17)9-24)35(30,31)29-19-28-27-11-34-19/h1-8,10-11H,(H,28,29). The molecule has 4 aromatic rings. The average Bonchev–Trinajstić information content (AvgIpc) is 3.32. The highest BCUT2D eigenvalue weighted by Gasteiger charge is 2.31. The van der Waals surface area contributed by atoms with Crippen LogP contribution in [0.2, 0.25) is 0 Å². The SMILES string of the molecule is N#Cc1cc(S(=O)(=O)Nc2nncs2)ccc1Oc1ccc(OC(F)(F)F)cc1-c1ccnnc1. The van der Waals surface area contributed by atoms with Crippen molar-refractivity contribution in [3.8, 4) is 34.4 Å². The molecule has 0 amide bonds. The van der Waals surface area contributed by atoms with E-state index >= 15 is 0 Å². The summed E-state index contributed by atoms with van der Waals surface area (Å²) in [5, 5.41) is 24.1. The lowest BCUT2D eigenvalue weighted by atomic mass is 10.1. The third-order valence-electron chi connectivity index (χ3n) is 4.26. The van der Waals surface area contributed by atoms with Crippen molar-refractivity contribution in [1.29, 1.82) is 5.26 Å². The molecule has 0 saturated carbocycles. The topological polar surface area (TPSA) is 140 Å². The molecule has 0 atom stereocenters. The molecule has 178 valence electrons. The Bertz CT molecular complexity index is 1490. The number of nitriles is 1. The van der Waals surface area contributed by atoms with E-state index in [1.54, 1.807) is 0 Å². The largest absolute Gasteiger partial charge is 0.573 e. The molecule has 2 aromatic heterocycles. The van der Waals surface area contributed by atoms with E-state index < -0.39 is 22.1 Å². The Hall–Kier alpha value is -4.29. The Morgan fingerprint density at radius 2 is 1.83 bits per heavy atom. The third-order valence-corrected chi connectivity index (χ3v) is 6.34. The van der Waals surface area contributed by atoms with Gasteiger partial charge in [0.25, 0.3) is 10.0 Å². The smallest absolute Gasteiger partial charge is 0.455 e. The number of benzene rings is 2. The molecule has 10 nitrogen and oxygen atoms in total. The van der Waals surface area contributed by atoms with Crippen molar-refractivity contribution >= 4 is 26.5 Å². The molecule has 0 bridgehead atoms. The molecule has 4 rings (SSSR count). The van der Waals surface area contributed by atoms with Gasteiger partial charge in [-0.25, -0.2) is 8.42 Å². The van der Waals surface area contributed by atoms with Crippen LogP contribution in [0.4, 0.5) is 18.3 Å². The van der Waals surface area contributed by atoms with E-state index in [1.807, 2.05) is 6.07 Å². The number of nitrogens with one attached hydrogen (secondary N) is 1. The minimum Gasteiger partial charge on any atom is -0.455 e. The number of anilines is 1. The monoisotopic (exact) mass is 520 g/mol. The van der Waals surface area contributed by atoms with Crippen LogP contribution < -0.4 is 14.2 Å². The first-order valence-electron chi connectivity index (χ1n) is 9.32. The van der Waals surface area contributed by atoms with Crippen LogP contribution in [0.5, 0.6) is 17.2 Å². The Morgan fingerprint density at radius 3 is 2.49 bits per heavy atom. The van der Waals surface area contributed by atoms with Gasteiger partial charge in [-0.1, -0.05) is 11.3 Å². The molecule has 0 saturated heterocycles. The Balaban J connectivity index is 1.70. The van der Waals surface area contributed by atoms with Crippen LogP contribution >= 0.6 is 11.3 Å². The van der Waals surface area contributed by atoms with Crippen molar-refractivity contribution in [3.63, 3.8) is 0 Å². The molecule has 2 aromatic carbocycles. The van der Waals surface area contributed by atoms with Gasteiger partial charge in [0.2, 0.25) is 5.13 Å². The van der Waals surface area contributed by atoms with Crippen LogP contribution in [0.15, 0.2) is 65.3 Å². The molecule has 15 heteroatoms. The minimum atomic E-state index is -4.91. The first-order chi connectivity index (χ1) is 16.6. The Morgan fingerprint density at radius 1 is 1.03 bits per heavy atom. The van der Waals surface area contributed by atoms with Crippen molar-refractivity contribution in [2.24, 2.45) is 0 Å². The third kappa shape index (κ3) is 5.80. The fourth-order valence-corrected chi connectivity index (χ4v) is 4.55. The maximum atomic E-state index is 12.7. The first kappa shape index (κ1) is 23.9. The molecule has 0 aliphatic carbocycles. The van der Waals surface area contributed by atoms with Crippen LogP contribution in [0, 0.1) is 11.3 Å². The lowest BCUT2D eigenvalue weighted by Crippen LogP contribution is -2.17. The first-order valence-corrected chi connectivity index (χ1v) is 11.7. The predicted octanol–water partition coefficient (Wildman–Crippen LogP) is 4.36. The van der Waals surface area contributed by atoms with Crippen LogP contribution in [-0.4, -0.2) is 35.2 Å². The summed E-state index contributed by atoms with van der Waals surface area (Å²) in [6.07, 6.45) is -2.27. The van der Waals surface area contributed by atoms with Gasteiger partial charge in [0.1, 0.15) is 28.8 Å². The maximum absolute atomic E-state index is 12.7. The van der Waals surface area contributed by atoms with E-state index in [1.165, 1.54) is 42.2 Å². The summed E-state index contributed by atoms with van der Waals surface area (Å²) in [7, 11) is -4.07. The summed E-state index contributed by atoms with van der Waals surface area (Å²) in [4.78, 5) is -0.232. The lowest BCUT2D eigenvalue weighted by molar-refractivity contribution is -0.274. The molecular formula is C20H11F3N6O4S2. The van der Waals surface area contributed by atoms with Gasteiger partial charge in [0.05, 0.1) is 22.9 Å². The van der Waals surface area contributed by atoms with E-state index in [2.05, 4.69) is 29.9 Å².